The molecule has 1 N–H and O–H groups in total. The lowest BCUT2D eigenvalue weighted by molar-refractivity contribution is 0.316. The maximum absolute atomic E-state index is 6.54. The van der Waals surface area contributed by atoms with Crippen molar-refractivity contribution >= 4 is 11.6 Å². The molecule has 1 aliphatic carbocycles. The van der Waals surface area contributed by atoms with Crippen molar-refractivity contribution in [1.82, 2.24) is 15.1 Å². The molecule has 0 amide bonds. The van der Waals surface area contributed by atoms with Gasteiger partial charge >= 0.3 is 0 Å². The molecule has 1 saturated carbocycles. The van der Waals surface area contributed by atoms with Gasteiger partial charge in [-0.2, -0.15) is 5.10 Å². The van der Waals surface area contributed by atoms with Crippen molar-refractivity contribution in [3.8, 4) is 0 Å². The van der Waals surface area contributed by atoms with E-state index in [1.807, 2.05) is 11.7 Å². The average molecular weight is 312 g/mol. The van der Waals surface area contributed by atoms with Crippen molar-refractivity contribution in [1.29, 1.82) is 0 Å². The maximum Gasteiger partial charge on any atom is 0.0849 e. The van der Waals surface area contributed by atoms with E-state index in [0.717, 1.165) is 42.6 Å². The fourth-order valence-electron chi connectivity index (χ4n) is 3.59. The van der Waals surface area contributed by atoms with Gasteiger partial charge in [0.15, 0.2) is 0 Å². The number of nitrogens with one attached hydrogen (secondary N) is 1. The second-order valence-corrected chi connectivity index (χ2v) is 6.78. The summed E-state index contributed by atoms with van der Waals surface area (Å²) in [6, 6.07) is 0. The molecular weight excluding hydrogens is 282 g/mol. The first kappa shape index (κ1) is 16.8. The van der Waals surface area contributed by atoms with Crippen LogP contribution in [-0.4, -0.2) is 22.9 Å². The SMILES string of the molecule is CCCNCC(Cc1c(Cl)c(CC)nn1C)C1CCCC1. The molecule has 0 spiro atoms. The summed E-state index contributed by atoms with van der Waals surface area (Å²) >= 11 is 6.54. The number of nitrogens with zero attached hydrogens (tertiary/aromatic N) is 2. The van der Waals surface area contributed by atoms with Gasteiger partial charge in [0, 0.05) is 7.05 Å². The Morgan fingerprint density at radius 1 is 1.33 bits per heavy atom. The van der Waals surface area contributed by atoms with Crippen molar-refractivity contribution in [2.24, 2.45) is 18.9 Å². The Bertz CT molecular complexity index is 435. The van der Waals surface area contributed by atoms with Crippen molar-refractivity contribution in [2.75, 3.05) is 13.1 Å². The lowest BCUT2D eigenvalue weighted by Crippen LogP contribution is -2.30. The molecule has 0 radical (unpaired) electrons. The highest BCUT2D eigenvalue weighted by Crippen LogP contribution is 2.34. The lowest BCUT2D eigenvalue weighted by Gasteiger charge is -2.24. The zero-order valence-electron chi connectivity index (χ0n) is 13.8. The van der Waals surface area contributed by atoms with Crippen LogP contribution < -0.4 is 5.32 Å². The molecule has 1 aromatic heterocycles. The highest BCUT2D eigenvalue weighted by Gasteiger charge is 2.27. The van der Waals surface area contributed by atoms with E-state index in [0.29, 0.717) is 5.92 Å². The molecule has 0 saturated heterocycles. The lowest BCUT2D eigenvalue weighted by atomic mass is 9.86. The minimum absolute atomic E-state index is 0.691. The molecule has 1 unspecified atom stereocenters. The Morgan fingerprint density at radius 2 is 2.05 bits per heavy atom. The van der Waals surface area contributed by atoms with Crippen LogP contribution in [0.4, 0.5) is 0 Å². The van der Waals surface area contributed by atoms with E-state index >= 15 is 0 Å². The summed E-state index contributed by atoms with van der Waals surface area (Å²) < 4.78 is 2.00. The topological polar surface area (TPSA) is 29.9 Å². The number of hydrogen-bond donors (Lipinski definition) is 1. The number of hydrogen-bond acceptors (Lipinski definition) is 2. The first-order valence-electron chi connectivity index (χ1n) is 8.58. The molecule has 0 aliphatic heterocycles. The third-order valence-electron chi connectivity index (χ3n) is 4.86. The Balaban J connectivity index is 2.08. The van der Waals surface area contributed by atoms with E-state index in [4.69, 9.17) is 11.6 Å². The van der Waals surface area contributed by atoms with E-state index in [2.05, 4.69) is 24.3 Å². The standard InChI is InChI=1S/C17H30ClN3/c1-4-10-19-12-14(13-8-6-7-9-13)11-16-17(18)15(5-2)20-21(16)3/h13-14,19H,4-12H2,1-3H3. The van der Waals surface area contributed by atoms with Crippen LogP contribution in [0, 0.1) is 11.8 Å². The number of halogens is 1. The van der Waals surface area contributed by atoms with Gasteiger partial charge in [0.25, 0.3) is 0 Å². The van der Waals surface area contributed by atoms with E-state index in [1.165, 1.54) is 37.8 Å². The molecule has 2 rings (SSSR count). The molecule has 1 fully saturated rings. The molecule has 4 heteroatoms. The molecule has 21 heavy (non-hydrogen) atoms. The summed E-state index contributed by atoms with van der Waals surface area (Å²) in [7, 11) is 2.03. The van der Waals surface area contributed by atoms with Crippen LogP contribution in [0.15, 0.2) is 0 Å². The smallest absolute Gasteiger partial charge is 0.0849 e. The van der Waals surface area contributed by atoms with Gasteiger partial charge in [-0.3, -0.25) is 4.68 Å². The summed E-state index contributed by atoms with van der Waals surface area (Å²) in [6.07, 6.45) is 8.73. The Labute approximate surface area is 134 Å². The predicted molar refractivity (Wildman–Crippen MR) is 89.9 cm³/mol. The second-order valence-electron chi connectivity index (χ2n) is 6.40. The molecule has 3 nitrogen and oxygen atoms in total. The highest BCUT2D eigenvalue weighted by molar-refractivity contribution is 6.31. The van der Waals surface area contributed by atoms with Gasteiger partial charge in [-0.25, -0.2) is 0 Å². The molecule has 0 bridgehead atoms. The van der Waals surface area contributed by atoms with E-state index in [9.17, 15) is 0 Å². The predicted octanol–water partition coefficient (Wildman–Crippen LogP) is 3.98. The van der Waals surface area contributed by atoms with Gasteiger partial charge in [0.2, 0.25) is 0 Å². The largest absolute Gasteiger partial charge is 0.316 e. The number of rotatable bonds is 8. The minimum Gasteiger partial charge on any atom is -0.316 e. The molecule has 120 valence electrons. The zero-order valence-corrected chi connectivity index (χ0v) is 14.5. The van der Waals surface area contributed by atoms with Crippen molar-refractivity contribution in [2.45, 2.75) is 58.8 Å². The van der Waals surface area contributed by atoms with Gasteiger partial charge < -0.3 is 5.32 Å². The summed E-state index contributed by atoms with van der Waals surface area (Å²) in [5, 5.41) is 9.09. The zero-order chi connectivity index (χ0) is 15.2. The third kappa shape index (κ3) is 4.23. The highest BCUT2D eigenvalue weighted by atomic mass is 35.5. The van der Waals surface area contributed by atoms with Gasteiger partial charge in [-0.1, -0.05) is 51.1 Å². The van der Waals surface area contributed by atoms with Gasteiger partial charge in [-0.05, 0) is 44.2 Å². The molecular formula is C17H30ClN3. The van der Waals surface area contributed by atoms with Crippen LogP contribution in [0.1, 0.15) is 57.3 Å². The van der Waals surface area contributed by atoms with E-state index in [-0.39, 0.29) is 0 Å². The normalized spacial score (nSPS) is 17.5. The minimum atomic E-state index is 0.691. The quantitative estimate of drug-likeness (QED) is 0.736. The molecule has 1 aromatic rings. The van der Waals surface area contributed by atoms with Crippen LogP contribution in [0.5, 0.6) is 0 Å². The number of aryl methyl sites for hydroxylation is 2. The fraction of sp³-hybridized carbons (Fsp3) is 0.824. The first-order chi connectivity index (χ1) is 10.2. The Kier molecular flexibility index (Phi) is 6.56. The van der Waals surface area contributed by atoms with Crippen LogP contribution in [0.3, 0.4) is 0 Å². The van der Waals surface area contributed by atoms with Crippen LogP contribution in [-0.2, 0) is 19.9 Å². The van der Waals surface area contributed by atoms with Crippen LogP contribution >= 0.6 is 11.6 Å². The summed E-state index contributed by atoms with van der Waals surface area (Å²) in [5.41, 5.74) is 2.27. The Hall–Kier alpha value is -0.540. The fourth-order valence-corrected chi connectivity index (χ4v) is 3.96. The van der Waals surface area contributed by atoms with Gasteiger partial charge in [-0.15, -0.1) is 0 Å². The van der Waals surface area contributed by atoms with E-state index < -0.39 is 0 Å². The van der Waals surface area contributed by atoms with Crippen LogP contribution in [0.2, 0.25) is 5.02 Å². The molecule has 1 aliphatic rings. The summed E-state index contributed by atoms with van der Waals surface area (Å²) in [4.78, 5) is 0. The third-order valence-corrected chi connectivity index (χ3v) is 5.29. The summed E-state index contributed by atoms with van der Waals surface area (Å²) in [6.45, 7) is 6.57. The average Bonchev–Trinajstić information content (AvgIpc) is 3.09. The molecule has 0 aromatic carbocycles. The molecule has 1 heterocycles. The van der Waals surface area contributed by atoms with Crippen molar-refractivity contribution in [3.63, 3.8) is 0 Å². The second kappa shape index (κ2) is 8.19. The van der Waals surface area contributed by atoms with Gasteiger partial charge in [0.1, 0.15) is 0 Å². The maximum atomic E-state index is 6.54. The van der Waals surface area contributed by atoms with Crippen LogP contribution in [0.25, 0.3) is 0 Å². The molecule has 1 atom stereocenters. The van der Waals surface area contributed by atoms with Gasteiger partial charge in [0.05, 0.1) is 16.4 Å². The number of aromatic nitrogens is 2. The monoisotopic (exact) mass is 311 g/mol. The first-order valence-corrected chi connectivity index (χ1v) is 8.96. The van der Waals surface area contributed by atoms with E-state index in [1.54, 1.807) is 0 Å². The van der Waals surface area contributed by atoms with Crippen molar-refractivity contribution < 1.29 is 0 Å². The summed E-state index contributed by atoms with van der Waals surface area (Å²) in [5.74, 6) is 1.54. The Morgan fingerprint density at radius 3 is 2.62 bits per heavy atom. The van der Waals surface area contributed by atoms with Crippen molar-refractivity contribution in [3.05, 3.63) is 16.4 Å².